The van der Waals surface area contributed by atoms with Crippen molar-refractivity contribution in [3.8, 4) is 0 Å². The maximum atomic E-state index is 12.9. The van der Waals surface area contributed by atoms with Crippen LogP contribution in [0.3, 0.4) is 0 Å². The Morgan fingerprint density at radius 1 is 1.04 bits per heavy atom. The fourth-order valence-corrected chi connectivity index (χ4v) is 4.56. The second kappa shape index (κ2) is 6.49. The Kier molecular flexibility index (Phi) is 4.35. The average molecular weight is 328 g/mol. The maximum absolute atomic E-state index is 12.9. The summed E-state index contributed by atoms with van der Waals surface area (Å²) in [6.07, 6.45) is 7.88. The molecular weight excluding hydrogens is 300 g/mol. The molecule has 1 atom stereocenters. The molecule has 1 aromatic carbocycles. The Bertz CT molecular complexity index is 624. The van der Waals surface area contributed by atoms with Gasteiger partial charge >= 0.3 is 0 Å². The minimum absolute atomic E-state index is 0.0840. The van der Waals surface area contributed by atoms with E-state index in [0.717, 1.165) is 31.5 Å². The second-order valence-electron chi connectivity index (χ2n) is 7.87. The Labute approximate surface area is 144 Å². The van der Waals surface area contributed by atoms with Gasteiger partial charge in [-0.05, 0) is 81.3 Å². The number of benzene rings is 1. The summed E-state index contributed by atoms with van der Waals surface area (Å²) in [5.74, 6) is 0.0840. The lowest BCUT2D eigenvalue weighted by Crippen LogP contribution is -2.45. The van der Waals surface area contributed by atoms with Crippen LogP contribution in [-0.2, 0) is 12.8 Å². The van der Waals surface area contributed by atoms with Crippen molar-refractivity contribution in [2.24, 2.45) is 0 Å². The summed E-state index contributed by atoms with van der Waals surface area (Å²) in [4.78, 5) is 17.0. The molecule has 1 N–H and O–H groups in total. The van der Waals surface area contributed by atoms with E-state index in [1.54, 1.807) is 0 Å². The number of carbonyl (C=O) groups is 1. The lowest BCUT2D eigenvalue weighted by atomic mass is 9.90. The first-order chi connectivity index (χ1) is 11.6. The molecular formula is C20H28N2O2. The third kappa shape index (κ3) is 3.22. The molecule has 4 nitrogen and oxygen atoms in total. The van der Waals surface area contributed by atoms with Gasteiger partial charge in [0.25, 0.3) is 5.91 Å². The van der Waals surface area contributed by atoms with Gasteiger partial charge in [-0.25, -0.2) is 0 Å². The fourth-order valence-electron chi connectivity index (χ4n) is 4.56. The first-order valence-electron chi connectivity index (χ1n) is 9.49. The van der Waals surface area contributed by atoms with E-state index in [1.807, 2.05) is 11.0 Å². The van der Waals surface area contributed by atoms with E-state index in [2.05, 4.69) is 17.0 Å². The van der Waals surface area contributed by atoms with Gasteiger partial charge in [0, 0.05) is 18.7 Å². The molecule has 2 heterocycles. The van der Waals surface area contributed by atoms with Gasteiger partial charge in [0.15, 0.2) is 0 Å². The van der Waals surface area contributed by atoms with Crippen LogP contribution in [0.25, 0.3) is 0 Å². The summed E-state index contributed by atoms with van der Waals surface area (Å²) in [6.45, 7) is 4.02. The van der Waals surface area contributed by atoms with Gasteiger partial charge in [0.2, 0.25) is 0 Å². The molecule has 0 bridgehead atoms. The highest BCUT2D eigenvalue weighted by atomic mass is 16.3. The summed E-state index contributed by atoms with van der Waals surface area (Å²) in [5.41, 5.74) is 2.82. The molecule has 0 unspecified atom stereocenters. The van der Waals surface area contributed by atoms with Gasteiger partial charge in [0.1, 0.15) is 0 Å². The van der Waals surface area contributed by atoms with Crippen molar-refractivity contribution in [3.05, 3.63) is 34.9 Å². The quantitative estimate of drug-likeness (QED) is 0.925. The predicted molar refractivity (Wildman–Crippen MR) is 94.2 cm³/mol. The van der Waals surface area contributed by atoms with Gasteiger partial charge in [-0.15, -0.1) is 0 Å². The Morgan fingerprint density at radius 3 is 2.58 bits per heavy atom. The summed E-state index contributed by atoms with van der Waals surface area (Å²) >= 11 is 0. The molecule has 0 aromatic heterocycles. The standard InChI is InChI=1S/C20H28N2O2/c23-19(18-8-7-16-5-1-2-6-17(16)13-18)22-12-9-20(24,15-22)14-21-10-3-4-11-21/h7-8,13,24H,1-6,9-12,14-15H2/t20-/m1/s1. The molecule has 1 aliphatic carbocycles. The molecule has 0 radical (unpaired) electrons. The van der Waals surface area contributed by atoms with Crippen molar-refractivity contribution >= 4 is 5.91 Å². The molecule has 3 aliphatic rings. The van der Waals surface area contributed by atoms with Gasteiger partial charge in [-0.3, -0.25) is 4.79 Å². The molecule has 4 rings (SSSR count). The highest BCUT2D eigenvalue weighted by molar-refractivity contribution is 5.94. The zero-order chi connectivity index (χ0) is 16.6. The fraction of sp³-hybridized carbons (Fsp3) is 0.650. The second-order valence-corrected chi connectivity index (χ2v) is 7.87. The van der Waals surface area contributed by atoms with Crippen molar-refractivity contribution in [2.75, 3.05) is 32.7 Å². The van der Waals surface area contributed by atoms with E-state index in [-0.39, 0.29) is 5.91 Å². The Hall–Kier alpha value is -1.39. The van der Waals surface area contributed by atoms with Crippen LogP contribution < -0.4 is 0 Å². The number of carbonyl (C=O) groups excluding carboxylic acids is 1. The molecule has 2 fully saturated rings. The minimum Gasteiger partial charge on any atom is -0.387 e. The molecule has 2 saturated heterocycles. The molecule has 2 aliphatic heterocycles. The zero-order valence-corrected chi connectivity index (χ0v) is 14.5. The number of rotatable bonds is 3. The summed E-state index contributed by atoms with van der Waals surface area (Å²) in [5, 5.41) is 10.9. The van der Waals surface area contributed by atoms with E-state index in [4.69, 9.17) is 0 Å². The molecule has 130 valence electrons. The van der Waals surface area contributed by atoms with Gasteiger partial charge in [-0.1, -0.05) is 6.07 Å². The summed E-state index contributed by atoms with van der Waals surface area (Å²) in [7, 11) is 0. The number of aryl methyl sites for hydroxylation is 2. The van der Waals surface area contributed by atoms with Crippen molar-refractivity contribution in [3.63, 3.8) is 0 Å². The van der Waals surface area contributed by atoms with E-state index in [1.165, 1.54) is 36.8 Å². The predicted octanol–water partition coefficient (Wildman–Crippen LogP) is 2.24. The number of amides is 1. The Morgan fingerprint density at radius 2 is 1.79 bits per heavy atom. The zero-order valence-electron chi connectivity index (χ0n) is 14.5. The number of hydrogen-bond acceptors (Lipinski definition) is 3. The topological polar surface area (TPSA) is 43.8 Å². The largest absolute Gasteiger partial charge is 0.387 e. The molecule has 1 aromatic rings. The number of aliphatic hydroxyl groups is 1. The van der Waals surface area contributed by atoms with E-state index >= 15 is 0 Å². The lowest BCUT2D eigenvalue weighted by Gasteiger charge is -2.28. The normalized spacial score (nSPS) is 27.5. The van der Waals surface area contributed by atoms with Gasteiger partial charge in [0.05, 0.1) is 12.1 Å². The highest BCUT2D eigenvalue weighted by Crippen LogP contribution is 2.27. The van der Waals surface area contributed by atoms with Crippen LogP contribution in [0.15, 0.2) is 18.2 Å². The van der Waals surface area contributed by atoms with E-state index in [0.29, 0.717) is 26.1 Å². The van der Waals surface area contributed by atoms with Crippen LogP contribution in [0.5, 0.6) is 0 Å². The van der Waals surface area contributed by atoms with E-state index in [9.17, 15) is 9.90 Å². The molecule has 4 heteroatoms. The molecule has 1 amide bonds. The van der Waals surface area contributed by atoms with Crippen LogP contribution in [0.2, 0.25) is 0 Å². The summed E-state index contributed by atoms with van der Waals surface area (Å²) < 4.78 is 0. The van der Waals surface area contributed by atoms with Gasteiger partial charge in [-0.2, -0.15) is 0 Å². The van der Waals surface area contributed by atoms with Crippen molar-refractivity contribution in [2.45, 2.75) is 50.5 Å². The number of nitrogens with zero attached hydrogens (tertiary/aromatic N) is 2. The smallest absolute Gasteiger partial charge is 0.253 e. The van der Waals surface area contributed by atoms with Crippen LogP contribution >= 0.6 is 0 Å². The van der Waals surface area contributed by atoms with Crippen LogP contribution in [0, 0.1) is 0 Å². The first kappa shape index (κ1) is 16.1. The monoisotopic (exact) mass is 328 g/mol. The minimum atomic E-state index is -0.728. The lowest BCUT2D eigenvalue weighted by molar-refractivity contribution is 0.0175. The third-order valence-electron chi connectivity index (χ3n) is 5.93. The molecule has 0 spiro atoms. The van der Waals surface area contributed by atoms with Crippen molar-refractivity contribution in [1.29, 1.82) is 0 Å². The number of fused-ring (bicyclic) bond motifs is 1. The van der Waals surface area contributed by atoms with Gasteiger partial charge < -0.3 is 14.9 Å². The SMILES string of the molecule is O=C(c1ccc2c(c1)CCCC2)N1CC[C@@](O)(CN2CCCC2)C1. The van der Waals surface area contributed by atoms with E-state index < -0.39 is 5.60 Å². The van der Waals surface area contributed by atoms with Crippen molar-refractivity contribution < 1.29 is 9.90 Å². The number of likely N-dealkylation sites (tertiary alicyclic amines) is 2. The number of hydrogen-bond donors (Lipinski definition) is 1. The van der Waals surface area contributed by atoms with Crippen LogP contribution in [-0.4, -0.2) is 59.1 Å². The number of β-amino-alcohol motifs (C(OH)–C–C–N with tert-alkyl or cyclic N) is 1. The van der Waals surface area contributed by atoms with Crippen LogP contribution in [0.4, 0.5) is 0 Å². The Balaban J connectivity index is 1.43. The first-order valence-corrected chi connectivity index (χ1v) is 9.49. The summed E-state index contributed by atoms with van der Waals surface area (Å²) in [6, 6.07) is 6.20. The average Bonchev–Trinajstić information content (AvgIpc) is 3.24. The highest BCUT2D eigenvalue weighted by Gasteiger charge is 2.40. The maximum Gasteiger partial charge on any atom is 0.253 e. The van der Waals surface area contributed by atoms with Crippen molar-refractivity contribution in [1.82, 2.24) is 9.80 Å². The molecule has 24 heavy (non-hydrogen) atoms. The molecule has 0 saturated carbocycles. The third-order valence-corrected chi connectivity index (χ3v) is 5.93. The van der Waals surface area contributed by atoms with Crippen LogP contribution in [0.1, 0.15) is 53.6 Å².